The maximum atomic E-state index is 11.9. The van der Waals surface area contributed by atoms with Gasteiger partial charge in [0.2, 0.25) is 0 Å². The highest BCUT2D eigenvalue weighted by atomic mass is 16.7. The molecule has 0 aromatic heterocycles. The van der Waals surface area contributed by atoms with E-state index in [0.29, 0.717) is 18.0 Å². The van der Waals surface area contributed by atoms with Crippen molar-refractivity contribution in [3.63, 3.8) is 0 Å². The summed E-state index contributed by atoms with van der Waals surface area (Å²) in [4.78, 5) is 17.5. The maximum Gasteiger partial charge on any atom is 0.288 e. The number of benzene rings is 2. The van der Waals surface area contributed by atoms with Gasteiger partial charge >= 0.3 is 0 Å². The summed E-state index contributed by atoms with van der Waals surface area (Å²) < 4.78 is 5.35. The Morgan fingerprint density at radius 2 is 1.79 bits per heavy atom. The molecule has 2 aromatic rings. The fourth-order valence-corrected chi connectivity index (χ4v) is 1.93. The number of para-hydroxylation sites is 2. The molecule has 1 heterocycles. The molecule has 4 nitrogen and oxygen atoms in total. The van der Waals surface area contributed by atoms with Gasteiger partial charge in [-0.15, -0.1) is 0 Å². The fourth-order valence-electron chi connectivity index (χ4n) is 1.93. The third-order valence-electron chi connectivity index (χ3n) is 2.86. The predicted octanol–water partition coefficient (Wildman–Crippen LogP) is 2.54. The molecule has 0 saturated carbocycles. The number of hydrogen-bond acceptors (Lipinski definition) is 3. The van der Waals surface area contributed by atoms with E-state index in [-0.39, 0.29) is 12.5 Å². The van der Waals surface area contributed by atoms with Crippen molar-refractivity contribution >= 4 is 11.6 Å². The summed E-state index contributed by atoms with van der Waals surface area (Å²) in [5, 5.41) is 1.31. The molecule has 4 heteroatoms. The van der Waals surface area contributed by atoms with Crippen LogP contribution in [0, 0.1) is 0 Å². The van der Waals surface area contributed by atoms with Crippen LogP contribution < -0.4 is 9.80 Å². The lowest BCUT2D eigenvalue weighted by Gasteiger charge is -2.28. The SMILES string of the molecule is O=C1COc2ccccc2N1OCc1ccccc1. The molecule has 0 unspecified atom stereocenters. The number of hydroxylamine groups is 1. The summed E-state index contributed by atoms with van der Waals surface area (Å²) in [6.07, 6.45) is 0. The van der Waals surface area contributed by atoms with Gasteiger partial charge < -0.3 is 4.74 Å². The molecule has 0 atom stereocenters. The van der Waals surface area contributed by atoms with Crippen molar-refractivity contribution in [1.29, 1.82) is 0 Å². The van der Waals surface area contributed by atoms with Gasteiger partial charge in [-0.3, -0.25) is 9.63 Å². The minimum atomic E-state index is -0.199. The van der Waals surface area contributed by atoms with Crippen molar-refractivity contribution in [2.45, 2.75) is 6.61 Å². The first-order chi connectivity index (χ1) is 9.34. The van der Waals surface area contributed by atoms with Gasteiger partial charge in [0.05, 0.1) is 0 Å². The number of ether oxygens (including phenoxy) is 1. The highest BCUT2D eigenvalue weighted by molar-refractivity contribution is 5.95. The Kier molecular flexibility index (Phi) is 3.16. The normalized spacial score (nSPS) is 13.9. The molecule has 2 aromatic carbocycles. The van der Waals surface area contributed by atoms with E-state index in [4.69, 9.17) is 9.57 Å². The Hall–Kier alpha value is -2.33. The van der Waals surface area contributed by atoms with Crippen LogP contribution in [0.5, 0.6) is 5.75 Å². The van der Waals surface area contributed by atoms with Crippen LogP contribution in [0.1, 0.15) is 5.56 Å². The summed E-state index contributed by atoms with van der Waals surface area (Å²) >= 11 is 0. The number of carbonyl (C=O) groups excluding carboxylic acids is 1. The number of nitrogens with zero attached hydrogens (tertiary/aromatic N) is 1. The molecule has 1 aliphatic heterocycles. The molecule has 0 radical (unpaired) electrons. The topological polar surface area (TPSA) is 38.8 Å². The number of hydrogen-bond donors (Lipinski definition) is 0. The number of anilines is 1. The van der Waals surface area contributed by atoms with Gasteiger partial charge in [0, 0.05) is 0 Å². The Labute approximate surface area is 111 Å². The van der Waals surface area contributed by atoms with E-state index >= 15 is 0 Å². The predicted molar refractivity (Wildman–Crippen MR) is 70.7 cm³/mol. The van der Waals surface area contributed by atoms with Gasteiger partial charge in [0.25, 0.3) is 5.91 Å². The van der Waals surface area contributed by atoms with E-state index in [2.05, 4.69) is 0 Å². The average molecular weight is 255 g/mol. The van der Waals surface area contributed by atoms with E-state index in [1.807, 2.05) is 48.5 Å². The molecule has 0 aliphatic carbocycles. The van der Waals surface area contributed by atoms with Gasteiger partial charge in [-0.05, 0) is 17.7 Å². The van der Waals surface area contributed by atoms with Crippen LogP contribution in [0.2, 0.25) is 0 Å². The second kappa shape index (κ2) is 5.12. The van der Waals surface area contributed by atoms with Crippen molar-refractivity contribution < 1.29 is 14.4 Å². The molecule has 96 valence electrons. The second-order valence-corrected chi connectivity index (χ2v) is 4.20. The molecule has 0 spiro atoms. The van der Waals surface area contributed by atoms with Crippen LogP contribution in [-0.4, -0.2) is 12.5 Å². The Bertz CT molecular complexity index is 583. The molecule has 1 aliphatic rings. The van der Waals surface area contributed by atoms with Crippen molar-refractivity contribution in [2.24, 2.45) is 0 Å². The number of fused-ring (bicyclic) bond motifs is 1. The van der Waals surface area contributed by atoms with E-state index in [9.17, 15) is 4.79 Å². The first-order valence-corrected chi connectivity index (χ1v) is 6.06. The highest BCUT2D eigenvalue weighted by Crippen LogP contribution is 2.31. The van der Waals surface area contributed by atoms with Gasteiger partial charge in [-0.1, -0.05) is 42.5 Å². The Morgan fingerprint density at radius 1 is 1.05 bits per heavy atom. The summed E-state index contributed by atoms with van der Waals surface area (Å²) in [5.41, 5.74) is 1.66. The van der Waals surface area contributed by atoms with Crippen LogP contribution in [0.3, 0.4) is 0 Å². The number of amides is 1. The van der Waals surface area contributed by atoms with E-state index < -0.39 is 0 Å². The van der Waals surface area contributed by atoms with Crippen LogP contribution in [0.4, 0.5) is 5.69 Å². The van der Waals surface area contributed by atoms with Gasteiger partial charge in [0.15, 0.2) is 6.61 Å². The standard InChI is InChI=1S/C15H13NO3/c17-15-11-18-14-9-5-4-8-13(14)16(15)19-10-12-6-2-1-3-7-12/h1-9H,10-11H2. The van der Waals surface area contributed by atoms with E-state index in [0.717, 1.165) is 5.56 Å². The lowest BCUT2D eigenvalue weighted by atomic mass is 10.2. The third kappa shape index (κ3) is 2.44. The van der Waals surface area contributed by atoms with Crippen molar-refractivity contribution in [3.05, 3.63) is 60.2 Å². The lowest BCUT2D eigenvalue weighted by molar-refractivity contribution is -0.129. The van der Waals surface area contributed by atoms with Crippen molar-refractivity contribution in [3.8, 4) is 5.75 Å². The molecule has 19 heavy (non-hydrogen) atoms. The lowest BCUT2D eigenvalue weighted by Crippen LogP contribution is -2.38. The monoisotopic (exact) mass is 255 g/mol. The minimum Gasteiger partial charge on any atom is -0.481 e. The Balaban J connectivity index is 1.79. The summed E-state index contributed by atoms with van der Waals surface area (Å²) in [6.45, 7) is 0.354. The summed E-state index contributed by atoms with van der Waals surface area (Å²) in [7, 11) is 0. The van der Waals surface area contributed by atoms with Crippen LogP contribution in [0.15, 0.2) is 54.6 Å². The molecule has 0 saturated heterocycles. The van der Waals surface area contributed by atoms with Crippen molar-refractivity contribution in [1.82, 2.24) is 0 Å². The smallest absolute Gasteiger partial charge is 0.288 e. The molecular weight excluding hydrogens is 242 g/mol. The quantitative estimate of drug-likeness (QED) is 0.846. The van der Waals surface area contributed by atoms with E-state index in [1.165, 1.54) is 5.06 Å². The minimum absolute atomic E-state index is 0.00576. The molecule has 3 rings (SSSR count). The Morgan fingerprint density at radius 3 is 2.63 bits per heavy atom. The molecule has 0 fully saturated rings. The second-order valence-electron chi connectivity index (χ2n) is 4.20. The third-order valence-corrected chi connectivity index (χ3v) is 2.86. The maximum absolute atomic E-state index is 11.9. The summed E-state index contributed by atoms with van der Waals surface area (Å²) in [6, 6.07) is 17.1. The van der Waals surface area contributed by atoms with Crippen LogP contribution in [-0.2, 0) is 16.2 Å². The van der Waals surface area contributed by atoms with Crippen LogP contribution in [0.25, 0.3) is 0 Å². The van der Waals surface area contributed by atoms with Crippen molar-refractivity contribution in [2.75, 3.05) is 11.7 Å². The molecular formula is C15H13NO3. The van der Waals surface area contributed by atoms with E-state index in [1.54, 1.807) is 6.07 Å². The largest absolute Gasteiger partial charge is 0.481 e. The molecule has 1 amide bonds. The zero-order chi connectivity index (χ0) is 13.1. The van der Waals surface area contributed by atoms with Gasteiger partial charge in [0.1, 0.15) is 18.0 Å². The van der Waals surface area contributed by atoms with Crippen LogP contribution >= 0.6 is 0 Å². The first kappa shape index (κ1) is 11.7. The average Bonchev–Trinajstić information content (AvgIpc) is 2.47. The highest BCUT2D eigenvalue weighted by Gasteiger charge is 2.26. The molecule has 0 bridgehead atoms. The number of carbonyl (C=O) groups is 1. The summed E-state index contributed by atoms with van der Waals surface area (Å²) in [5.74, 6) is 0.463. The van der Waals surface area contributed by atoms with Gasteiger partial charge in [-0.2, -0.15) is 5.06 Å². The first-order valence-electron chi connectivity index (χ1n) is 6.06. The van der Waals surface area contributed by atoms with Gasteiger partial charge in [-0.25, -0.2) is 0 Å². The fraction of sp³-hybridized carbons (Fsp3) is 0.133. The molecule has 0 N–H and O–H groups in total. The number of rotatable bonds is 3. The zero-order valence-electron chi connectivity index (χ0n) is 10.3. The zero-order valence-corrected chi connectivity index (χ0v) is 10.3.